The number of benzene rings is 1. The third kappa shape index (κ3) is 6.15. The second-order valence-corrected chi connectivity index (χ2v) is 6.42. The van der Waals surface area contributed by atoms with Gasteiger partial charge in [-0.15, -0.1) is 24.0 Å². The first-order valence-corrected chi connectivity index (χ1v) is 8.97. The third-order valence-electron chi connectivity index (χ3n) is 4.86. The Morgan fingerprint density at radius 2 is 2.04 bits per heavy atom. The molecule has 0 amide bonds. The number of aliphatic imine (C=N–C) groups is 1. The van der Waals surface area contributed by atoms with E-state index in [-0.39, 0.29) is 29.7 Å². The molecule has 0 saturated carbocycles. The zero-order valence-electron chi connectivity index (χ0n) is 15.4. The largest absolute Gasteiger partial charge is 0.434 e. The number of nitrogens with one attached hydrogen (secondary N) is 1. The monoisotopic (exact) mass is 496 g/mol. The fourth-order valence-electron chi connectivity index (χ4n) is 3.54. The van der Waals surface area contributed by atoms with Crippen molar-refractivity contribution in [1.82, 2.24) is 15.1 Å². The number of para-hydroxylation sites is 1. The van der Waals surface area contributed by atoms with Crippen molar-refractivity contribution in [2.45, 2.75) is 25.6 Å². The minimum atomic E-state index is -2.83. The topological polar surface area (TPSA) is 49.3 Å². The Morgan fingerprint density at radius 3 is 2.74 bits per heavy atom. The van der Waals surface area contributed by atoms with Crippen LogP contribution in [0.3, 0.4) is 0 Å². The van der Waals surface area contributed by atoms with Crippen molar-refractivity contribution in [3.05, 3.63) is 29.8 Å². The SMILES string of the molecule is CN=C(NCc1ccccc1OC(F)F)N1CCC(N2CCOCC2)C1.I. The highest BCUT2D eigenvalue weighted by Crippen LogP contribution is 2.21. The van der Waals surface area contributed by atoms with Crippen molar-refractivity contribution in [3.63, 3.8) is 0 Å². The Balaban J connectivity index is 0.00000261. The first kappa shape index (κ1) is 22.1. The van der Waals surface area contributed by atoms with Crippen molar-refractivity contribution in [3.8, 4) is 5.75 Å². The van der Waals surface area contributed by atoms with Crippen LogP contribution in [0.15, 0.2) is 29.3 Å². The molecule has 27 heavy (non-hydrogen) atoms. The van der Waals surface area contributed by atoms with Gasteiger partial charge >= 0.3 is 6.61 Å². The summed E-state index contributed by atoms with van der Waals surface area (Å²) in [4.78, 5) is 9.05. The second kappa shape index (κ2) is 11.0. The van der Waals surface area contributed by atoms with E-state index in [1.807, 2.05) is 6.07 Å². The highest BCUT2D eigenvalue weighted by molar-refractivity contribution is 14.0. The summed E-state index contributed by atoms with van der Waals surface area (Å²) in [5.74, 6) is 0.977. The summed E-state index contributed by atoms with van der Waals surface area (Å²) in [5, 5.41) is 3.27. The molecule has 0 bridgehead atoms. The number of nitrogens with zero attached hydrogens (tertiary/aromatic N) is 3. The summed E-state index contributed by atoms with van der Waals surface area (Å²) < 4.78 is 35.1. The van der Waals surface area contributed by atoms with Crippen molar-refractivity contribution >= 4 is 29.9 Å². The van der Waals surface area contributed by atoms with Crippen LogP contribution in [-0.4, -0.2) is 74.9 Å². The summed E-state index contributed by atoms with van der Waals surface area (Å²) in [7, 11) is 1.74. The third-order valence-corrected chi connectivity index (χ3v) is 4.86. The average molecular weight is 496 g/mol. The standard InChI is InChI=1S/C18H26F2N4O2.HI/c1-21-18(22-12-14-4-2-3-5-16(14)26-17(19)20)24-7-6-15(13-24)23-8-10-25-11-9-23;/h2-5,15,17H,6-13H2,1H3,(H,21,22);1H. The maximum Gasteiger partial charge on any atom is 0.387 e. The van der Waals surface area contributed by atoms with Crippen LogP contribution in [0, 0.1) is 0 Å². The molecule has 2 heterocycles. The fourth-order valence-corrected chi connectivity index (χ4v) is 3.54. The van der Waals surface area contributed by atoms with Gasteiger partial charge in [0.1, 0.15) is 5.75 Å². The van der Waals surface area contributed by atoms with E-state index in [1.165, 1.54) is 0 Å². The lowest BCUT2D eigenvalue weighted by molar-refractivity contribution is -0.0504. The first-order valence-electron chi connectivity index (χ1n) is 8.97. The van der Waals surface area contributed by atoms with Gasteiger partial charge in [-0.05, 0) is 12.5 Å². The Kier molecular flexibility index (Phi) is 8.97. The van der Waals surface area contributed by atoms with Gasteiger partial charge in [0.05, 0.1) is 13.2 Å². The number of alkyl halides is 2. The van der Waals surface area contributed by atoms with Gasteiger partial charge in [0, 0.05) is 51.4 Å². The summed E-state index contributed by atoms with van der Waals surface area (Å²) in [5.41, 5.74) is 0.679. The molecule has 0 radical (unpaired) electrons. The summed E-state index contributed by atoms with van der Waals surface area (Å²) >= 11 is 0. The normalized spacial score (nSPS) is 21.3. The molecule has 0 aliphatic carbocycles. The molecular weight excluding hydrogens is 469 g/mol. The van der Waals surface area contributed by atoms with Crippen LogP contribution in [-0.2, 0) is 11.3 Å². The van der Waals surface area contributed by atoms with E-state index in [9.17, 15) is 8.78 Å². The van der Waals surface area contributed by atoms with Crippen molar-refractivity contribution < 1.29 is 18.3 Å². The van der Waals surface area contributed by atoms with E-state index in [0.29, 0.717) is 18.2 Å². The van der Waals surface area contributed by atoms with Gasteiger partial charge in [-0.25, -0.2) is 0 Å². The van der Waals surface area contributed by atoms with Crippen LogP contribution < -0.4 is 10.1 Å². The molecular formula is C18H27F2IN4O2. The van der Waals surface area contributed by atoms with E-state index in [1.54, 1.807) is 25.2 Å². The Labute approximate surface area is 175 Å². The minimum absolute atomic E-state index is 0. The van der Waals surface area contributed by atoms with E-state index < -0.39 is 6.61 Å². The van der Waals surface area contributed by atoms with Gasteiger partial charge in [0.25, 0.3) is 0 Å². The highest BCUT2D eigenvalue weighted by atomic mass is 127. The predicted molar refractivity (Wildman–Crippen MR) is 111 cm³/mol. The molecule has 1 aromatic carbocycles. The smallest absolute Gasteiger partial charge is 0.387 e. The van der Waals surface area contributed by atoms with Gasteiger partial charge in [0.2, 0.25) is 0 Å². The molecule has 0 spiro atoms. The molecule has 1 N–H and O–H groups in total. The molecule has 1 unspecified atom stereocenters. The summed E-state index contributed by atoms with van der Waals surface area (Å²) in [6.07, 6.45) is 1.09. The molecule has 1 atom stereocenters. The van der Waals surface area contributed by atoms with Crippen LogP contribution >= 0.6 is 24.0 Å². The van der Waals surface area contributed by atoms with Crippen LogP contribution in [0.1, 0.15) is 12.0 Å². The van der Waals surface area contributed by atoms with E-state index >= 15 is 0 Å². The molecule has 6 nitrogen and oxygen atoms in total. The Morgan fingerprint density at radius 1 is 1.30 bits per heavy atom. The number of rotatable bonds is 5. The molecule has 3 rings (SSSR count). The van der Waals surface area contributed by atoms with Gasteiger partial charge in [-0.3, -0.25) is 9.89 Å². The molecule has 152 valence electrons. The lowest BCUT2D eigenvalue weighted by Gasteiger charge is -2.32. The Hall–Kier alpha value is -1.20. The lowest BCUT2D eigenvalue weighted by Crippen LogP contribution is -2.46. The molecule has 2 saturated heterocycles. The fraction of sp³-hybridized carbons (Fsp3) is 0.611. The first-order chi connectivity index (χ1) is 12.7. The molecule has 2 fully saturated rings. The zero-order valence-corrected chi connectivity index (χ0v) is 17.8. The van der Waals surface area contributed by atoms with Crippen molar-refractivity contribution in [2.75, 3.05) is 46.4 Å². The summed E-state index contributed by atoms with van der Waals surface area (Å²) in [6.45, 7) is 2.93. The number of hydrogen-bond donors (Lipinski definition) is 1. The maximum atomic E-state index is 12.5. The van der Waals surface area contributed by atoms with Crippen molar-refractivity contribution in [1.29, 1.82) is 0 Å². The van der Waals surface area contributed by atoms with Crippen LogP contribution in [0.5, 0.6) is 5.75 Å². The predicted octanol–water partition coefficient (Wildman–Crippen LogP) is 2.39. The molecule has 1 aromatic rings. The number of morpholine rings is 1. The number of likely N-dealkylation sites (tertiary alicyclic amines) is 1. The highest BCUT2D eigenvalue weighted by Gasteiger charge is 2.30. The number of hydrogen-bond acceptors (Lipinski definition) is 4. The molecule has 2 aliphatic heterocycles. The summed E-state index contributed by atoms with van der Waals surface area (Å²) in [6, 6.07) is 7.33. The molecule has 9 heteroatoms. The second-order valence-electron chi connectivity index (χ2n) is 6.42. The molecule has 0 aromatic heterocycles. The number of guanidine groups is 1. The Bertz CT molecular complexity index is 615. The van der Waals surface area contributed by atoms with Crippen LogP contribution in [0.4, 0.5) is 8.78 Å². The minimum Gasteiger partial charge on any atom is -0.434 e. The molecule has 2 aliphatic rings. The van der Waals surface area contributed by atoms with Gasteiger partial charge in [0.15, 0.2) is 5.96 Å². The van der Waals surface area contributed by atoms with Crippen LogP contribution in [0.2, 0.25) is 0 Å². The van der Waals surface area contributed by atoms with Gasteiger partial charge < -0.3 is 19.7 Å². The number of halogens is 3. The van der Waals surface area contributed by atoms with Gasteiger partial charge in [-0.2, -0.15) is 8.78 Å². The zero-order chi connectivity index (χ0) is 18.4. The van der Waals surface area contributed by atoms with E-state index in [0.717, 1.165) is 51.8 Å². The quantitative estimate of drug-likeness (QED) is 0.386. The van der Waals surface area contributed by atoms with E-state index in [2.05, 4.69) is 24.8 Å². The van der Waals surface area contributed by atoms with Gasteiger partial charge in [-0.1, -0.05) is 18.2 Å². The maximum absolute atomic E-state index is 12.5. The van der Waals surface area contributed by atoms with Crippen molar-refractivity contribution in [2.24, 2.45) is 4.99 Å². The average Bonchev–Trinajstić information content (AvgIpc) is 3.14. The lowest BCUT2D eigenvalue weighted by atomic mass is 10.2. The van der Waals surface area contributed by atoms with Crippen LogP contribution in [0.25, 0.3) is 0 Å². The van der Waals surface area contributed by atoms with E-state index in [4.69, 9.17) is 4.74 Å². The number of ether oxygens (including phenoxy) is 2.